The summed E-state index contributed by atoms with van der Waals surface area (Å²) in [6, 6.07) is 6.06. The molecule has 0 fully saturated rings. The number of hydrogen-bond donors (Lipinski definition) is 2. The van der Waals surface area contributed by atoms with Crippen molar-refractivity contribution in [2.45, 2.75) is 26.2 Å². The van der Waals surface area contributed by atoms with Gasteiger partial charge in [-0.3, -0.25) is 4.79 Å². The summed E-state index contributed by atoms with van der Waals surface area (Å²) in [6.07, 6.45) is 1.93. The summed E-state index contributed by atoms with van der Waals surface area (Å²) >= 11 is 0. The summed E-state index contributed by atoms with van der Waals surface area (Å²) in [7, 11) is 0. The van der Waals surface area contributed by atoms with Crippen molar-refractivity contribution in [1.82, 2.24) is 5.32 Å². The molecule has 0 spiro atoms. The average Bonchev–Trinajstić information content (AvgIpc) is 2.34. The lowest BCUT2D eigenvalue weighted by atomic mass is 10.1. The molecule has 100 valence electrons. The number of benzene rings is 1. The third-order valence-electron chi connectivity index (χ3n) is 2.76. The van der Waals surface area contributed by atoms with Crippen molar-refractivity contribution in [2.75, 3.05) is 13.2 Å². The molecule has 1 aromatic rings. The van der Waals surface area contributed by atoms with E-state index in [2.05, 4.69) is 5.32 Å². The van der Waals surface area contributed by atoms with Gasteiger partial charge in [0.2, 0.25) is 5.91 Å². The molecule has 1 atom stereocenters. The van der Waals surface area contributed by atoms with Crippen LogP contribution < -0.4 is 5.32 Å². The van der Waals surface area contributed by atoms with E-state index in [9.17, 15) is 9.18 Å². The maximum atomic E-state index is 12.9. The highest BCUT2D eigenvalue weighted by Gasteiger charge is 2.04. The first kappa shape index (κ1) is 14.6. The van der Waals surface area contributed by atoms with Crippen molar-refractivity contribution in [3.8, 4) is 0 Å². The number of carbonyl (C=O) groups excluding carboxylic acids is 1. The van der Waals surface area contributed by atoms with E-state index in [1.54, 1.807) is 12.1 Å². The number of aliphatic hydroxyl groups is 1. The van der Waals surface area contributed by atoms with Gasteiger partial charge in [0, 0.05) is 13.2 Å². The number of halogens is 1. The number of rotatable bonds is 7. The van der Waals surface area contributed by atoms with Crippen LogP contribution in [0.3, 0.4) is 0 Å². The zero-order valence-electron chi connectivity index (χ0n) is 10.7. The van der Waals surface area contributed by atoms with Gasteiger partial charge in [-0.05, 0) is 36.5 Å². The first-order valence-corrected chi connectivity index (χ1v) is 6.24. The molecule has 4 heteroatoms. The van der Waals surface area contributed by atoms with Gasteiger partial charge in [0.1, 0.15) is 5.82 Å². The number of nitrogens with one attached hydrogen (secondary N) is 1. The van der Waals surface area contributed by atoms with Crippen molar-refractivity contribution in [2.24, 2.45) is 5.92 Å². The Balaban J connectivity index is 2.22. The van der Waals surface area contributed by atoms with Crippen molar-refractivity contribution in [3.05, 3.63) is 35.6 Å². The molecule has 0 bridgehead atoms. The Kier molecular flexibility index (Phi) is 6.36. The highest BCUT2D eigenvalue weighted by molar-refractivity contribution is 5.78. The average molecular weight is 253 g/mol. The van der Waals surface area contributed by atoms with E-state index in [4.69, 9.17) is 5.11 Å². The Morgan fingerprint density at radius 1 is 1.50 bits per heavy atom. The molecule has 2 N–H and O–H groups in total. The van der Waals surface area contributed by atoms with Crippen LogP contribution in [0, 0.1) is 11.7 Å². The Bertz CT molecular complexity index is 382. The van der Waals surface area contributed by atoms with Crippen LogP contribution in [0.2, 0.25) is 0 Å². The molecule has 0 aromatic heterocycles. The lowest BCUT2D eigenvalue weighted by Crippen LogP contribution is -2.26. The van der Waals surface area contributed by atoms with Crippen molar-refractivity contribution >= 4 is 5.91 Å². The Morgan fingerprint density at radius 3 is 2.94 bits per heavy atom. The van der Waals surface area contributed by atoms with Crippen molar-refractivity contribution in [3.63, 3.8) is 0 Å². The van der Waals surface area contributed by atoms with Gasteiger partial charge in [0.25, 0.3) is 0 Å². The normalized spacial score (nSPS) is 12.2. The van der Waals surface area contributed by atoms with Crippen LogP contribution in [-0.4, -0.2) is 24.2 Å². The summed E-state index contributed by atoms with van der Waals surface area (Å²) < 4.78 is 12.9. The summed E-state index contributed by atoms with van der Waals surface area (Å²) in [5.74, 6) is -0.153. The highest BCUT2D eigenvalue weighted by Crippen LogP contribution is 2.05. The van der Waals surface area contributed by atoms with Crippen LogP contribution in [0.1, 0.15) is 25.3 Å². The third-order valence-corrected chi connectivity index (χ3v) is 2.76. The molecule has 0 radical (unpaired) electrons. The fourth-order valence-corrected chi connectivity index (χ4v) is 1.66. The summed E-state index contributed by atoms with van der Waals surface area (Å²) in [6.45, 7) is 2.74. The van der Waals surface area contributed by atoms with Gasteiger partial charge in [-0.1, -0.05) is 19.1 Å². The van der Waals surface area contributed by atoms with E-state index >= 15 is 0 Å². The molecular weight excluding hydrogens is 233 g/mol. The Hall–Kier alpha value is -1.42. The Labute approximate surface area is 107 Å². The fraction of sp³-hybridized carbons (Fsp3) is 0.500. The summed E-state index contributed by atoms with van der Waals surface area (Å²) in [4.78, 5) is 11.6. The molecule has 0 aliphatic heterocycles. The van der Waals surface area contributed by atoms with E-state index in [1.807, 2.05) is 6.92 Å². The van der Waals surface area contributed by atoms with Gasteiger partial charge in [-0.2, -0.15) is 0 Å². The molecular formula is C14H20FNO2. The van der Waals surface area contributed by atoms with E-state index in [0.29, 0.717) is 12.1 Å². The van der Waals surface area contributed by atoms with Gasteiger partial charge < -0.3 is 10.4 Å². The lowest BCUT2D eigenvalue weighted by Gasteiger charge is -2.08. The molecule has 1 unspecified atom stereocenters. The molecule has 1 rings (SSSR count). The molecule has 3 nitrogen and oxygen atoms in total. The topological polar surface area (TPSA) is 49.3 Å². The quantitative estimate of drug-likeness (QED) is 0.729. The zero-order valence-corrected chi connectivity index (χ0v) is 10.7. The van der Waals surface area contributed by atoms with E-state index in [0.717, 1.165) is 12.8 Å². The first-order valence-electron chi connectivity index (χ1n) is 6.24. The second-order valence-corrected chi connectivity index (χ2v) is 4.59. The van der Waals surface area contributed by atoms with E-state index in [-0.39, 0.29) is 30.7 Å². The molecule has 0 aliphatic rings. The predicted molar refractivity (Wildman–Crippen MR) is 68.6 cm³/mol. The number of hydrogen-bond acceptors (Lipinski definition) is 2. The molecule has 1 aromatic carbocycles. The predicted octanol–water partition coefficient (Wildman–Crippen LogP) is 1.89. The van der Waals surface area contributed by atoms with Gasteiger partial charge in [-0.15, -0.1) is 0 Å². The van der Waals surface area contributed by atoms with Crippen LogP contribution in [0.15, 0.2) is 24.3 Å². The van der Waals surface area contributed by atoms with Crippen LogP contribution in [0.4, 0.5) is 4.39 Å². The van der Waals surface area contributed by atoms with Gasteiger partial charge in [0.05, 0.1) is 6.42 Å². The molecule has 1 amide bonds. The number of amides is 1. The molecule has 0 aliphatic carbocycles. The minimum absolute atomic E-state index is 0.0998. The van der Waals surface area contributed by atoms with E-state index in [1.165, 1.54) is 12.1 Å². The largest absolute Gasteiger partial charge is 0.396 e. The molecule has 0 saturated heterocycles. The minimum atomic E-state index is -0.322. The summed E-state index contributed by atoms with van der Waals surface area (Å²) in [5.41, 5.74) is 0.677. The first-order chi connectivity index (χ1) is 8.61. The Morgan fingerprint density at radius 2 is 2.28 bits per heavy atom. The zero-order chi connectivity index (χ0) is 13.4. The SMILES string of the molecule is CC(CO)CCCNC(=O)Cc1cccc(F)c1. The summed E-state index contributed by atoms with van der Waals surface area (Å²) in [5, 5.41) is 11.6. The number of carbonyl (C=O) groups is 1. The fourth-order valence-electron chi connectivity index (χ4n) is 1.66. The second kappa shape index (κ2) is 7.82. The maximum Gasteiger partial charge on any atom is 0.224 e. The lowest BCUT2D eigenvalue weighted by molar-refractivity contribution is -0.120. The van der Waals surface area contributed by atoms with Crippen LogP contribution in [0.5, 0.6) is 0 Å². The van der Waals surface area contributed by atoms with Crippen molar-refractivity contribution in [1.29, 1.82) is 0 Å². The van der Waals surface area contributed by atoms with Crippen LogP contribution in [0.25, 0.3) is 0 Å². The smallest absolute Gasteiger partial charge is 0.224 e. The number of aliphatic hydroxyl groups excluding tert-OH is 1. The monoisotopic (exact) mass is 253 g/mol. The minimum Gasteiger partial charge on any atom is -0.396 e. The maximum absolute atomic E-state index is 12.9. The van der Waals surface area contributed by atoms with Gasteiger partial charge >= 0.3 is 0 Å². The van der Waals surface area contributed by atoms with Crippen molar-refractivity contribution < 1.29 is 14.3 Å². The second-order valence-electron chi connectivity index (χ2n) is 4.59. The van der Waals surface area contributed by atoms with Crippen LogP contribution >= 0.6 is 0 Å². The highest BCUT2D eigenvalue weighted by atomic mass is 19.1. The van der Waals surface area contributed by atoms with E-state index < -0.39 is 0 Å². The molecule has 18 heavy (non-hydrogen) atoms. The van der Waals surface area contributed by atoms with Crippen LogP contribution in [-0.2, 0) is 11.2 Å². The molecule has 0 saturated carbocycles. The molecule has 0 heterocycles. The van der Waals surface area contributed by atoms with Gasteiger partial charge in [-0.25, -0.2) is 4.39 Å². The van der Waals surface area contributed by atoms with Gasteiger partial charge in [0.15, 0.2) is 0 Å². The third kappa shape index (κ3) is 5.77. The standard InChI is InChI=1S/C14H20FNO2/c1-11(10-17)4-3-7-16-14(18)9-12-5-2-6-13(15)8-12/h2,5-6,8,11,17H,3-4,7,9-10H2,1H3,(H,16,18).